The molecule has 1 aromatic carbocycles. The van der Waals surface area contributed by atoms with Crippen LogP contribution in [0.25, 0.3) is 0 Å². The molecule has 0 amide bonds. The van der Waals surface area contributed by atoms with Gasteiger partial charge in [-0.3, -0.25) is 4.79 Å². The first-order valence-corrected chi connectivity index (χ1v) is 8.85. The normalized spacial score (nSPS) is 12.9. The first-order chi connectivity index (χ1) is 10.4. The monoisotopic (exact) mass is 314 g/mol. The van der Waals surface area contributed by atoms with Crippen LogP contribution in [0.1, 0.15) is 107 Å². The Morgan fingerprint density at radius 2 is 1.30 bits per heavy atom. The second-order valence-electron chi connectivity index (χ2n) is 8.60. The molecule has 0 N–H and O–H groups in total. The summed E-state index contributed by atoms with van der Waals surface area (Å²) in [5.41, 5.74) is 4.63. The van der Waals surface area contributed by atoms with Gasteiger partial charge in [0.15, 0.2) is 5.78 Å². The van der Waals surface area contributed by atoms with Gasteiger partial charge in [0.25, 0.3) is 0 Å². The molecule has 128 valence electrons. The summed E-state index contributed by atoms with van der Waals surface area (Å²) in [5.74, 6) is 1.29. The van der Waals surface area contributed by atoms with Crippen molar-refractivity contribution in [2.24, 2.45) is 5.41 Å². The number of rotatable bonds is 5. The Hall–Kier alpha value is -1.37. The standard InChI is InChI=1S/C22H34O/c1-14(2)17-12-18(15(3)4)21(19(13-17)16(5)6)20(23)10-11-22(7,8)9/h10-16H,1-9H3/b11-10+. The molecular weight excluding hydrogens is 280 g/mol. The highest BCUT2D eigenvalue weighted by molar-refractivity contribution is 6.07. The topological polar surface area (TPSA) is 17.1 Å². The van der Waals surface area contributed by atoms with Crippen molar-refractivity contribution < 1.29 is 4.79 Å². The molecule has 1 nitrogen and oxygen atoms in total. The number of allylic oxidation sites excluding steroid dienone is 2. The van der Waals surface area contributed by atoms with Crippen LogP contribution in [0.15, 0.2) is 24.3 Å². The van der Waals surface area contributed by atoms with Gasteiger partial charge in [-0.25, -0.2) is 0 Å². The van der Waals surface area contributed by atoms with Gasteiger partial charge in [0.05, 0.1) is 0 Å². The van der Waals surface area contributed by atoms with E-state index in [0.717, 1.165) is 5.56 Å². The third-order valence-corrected chi connectivity index (χ3v) is 4.11. The summed E-state index contributed by atoms with van der Waals surface area (Å²) in [6.45, 7) is 19.5. The van der Waals surface area contributed by atoms with Crippen molar-refractivity contribution in [3.63, 3.8) is 0 Å². The molecule has 0 atom stereocenters. The van der Waals surface area contributed by atoms with Crippen LogP contribution in [0.5, 0.6) is 0 Å². The van der Waals surface area contributed by atoms with Crippen molar-refractivity contribution in [3.05, 3.63) is 46.5 Å². The van der Waals surface area contributed by atoms with Crippen LogP contribution >= 0.6 is 0 Å². The van der Waals surface area contributed by atoms with E-state index >= 15 is 0 Å². The maximum atomic E-state index is 12.9. The highest BCUT2D eigenvalue weighted by Gasteiger charge is 2.21. The van der Waals surface area contributed by atoms with Crippen molar-refractivity contribution in [2.45, 2.75) is 80.1 Å². The summed E-state index contributed by atoms with van der Waals surface area (Å²) in [4.78, 5) is 12.9. The minimum absolute atomic E-state index is 0.0174. The Morgan fingerprint density at radius 3 is 1.61 bits per heavy atom. The van der Waals surface area contributed by atoms with Crippen molar-refractivity contribution >= 4 is 5.78 Å². The van der Waals surface area contributed by atoms with Crippen molar-refractivity contribution in [2.75, 3.05) is 0 Å². The first-order valence-electron chi connectivity index (χ1n) is 8.85. The van der Waals surface area contributed by atoms with E-state index < -0.39 is 0 Å². The lowest BCUT2D eigenvalue weighted by Crippen LogP contribution is -2.11. The molecule has 0 spiro atoms. The number of ketones is 1. The smallest absolute Gasteiger partial charge is 0.186 e. The molecule has 0 aromatic heterocycles. The van der Waals surface area contributed by atoms with Gasteiger partial charge in [-0.1, -0.05) is 80.5 Å². The van der Waals surface area contributed by atoms with E-state index in [9.17, 15) is 4.79 Å². The average Bonchev–Trinajstić information content (AvgIpc) is 2.42. The molecule has 0 radical (unpaired) electrons. The molecule has 1 rings (SSSR count). The second kappa shape index (κ2) is 7.47. The van der Waals surface area contributed by atoms with E-state index in [1.54, 1.807) is 6.08 Å². The predicted octanol–water partition coefficient (Wildman–Crippen LogP) is 6.84. The number of hydrogen-bond donors (Lipinski definition) is 0. The molecule has 23 heavy (non-hydrogen) atoms. The van der Waals surface area contributed by atoms with Crippen molar-refractivity contribution in [1.29, 1.82) is 0 Å². The number of carbonyl (C=O) groups excluding carboxylic acids is 1. The van der Waals surface area contributed by atoms with Gasteiger partial charge in [-0.05, 0) is 45.9 Å². The zero-order valence-corrected chi connectivity index (χ0v) is 16.4. The predicted molar refractivity (Wildman–Crippen MR) is 102 cm³/mol. The number of hydrogen-bond acceptors (Lipinski definition) is 1. The second-order valence-corrected chi connectivity index (χ2v) is 8.60. The van der Waals surface area contributed by atoms with Crippen LogP contribution in [-0.2, 0) is 0 Å². The fraction of sp³-hybridized carbons (Fsp3) is 0.591. The summed E-state index contributed by atoms with van der Waals surface area (Å²) < 4.78 is 0. The summed E-state index contributed by atoms with van der Waals surface area (Å²) in [7, 11) is 0. The lowest BCUT2D eigenvalue weighted by Gasteiger charge is -2.21. The van der Waals surface area contributed by atoms with Crippen molar-refractivity contribution in [3.8, 4) is 0 Å². The highest BCUT2D eigenvalue weighted by atomic mass is 16.1. The van der Waals surface area contributed by atoms with E-state index in [-0.39, 0.29) is 11.2 Å². The Bertz CT molecular complexity index is 551. The zero-order valence-electron chi connectivity index (χ0n) is 16.4. The quantitative estimate of drug-likeness (QED) is 0.429. The summed E-state index contributed by atoms with van der Waals surface area (Å²) >= 11 is 0. The lowest BCUT2D eigenvalue weighted by atomic mass is 9.82. The van der Waals surface area contributed by atoms with E-state index in [2.05, 4.69) is 74.4 Å². The van der Waals surface area contributed by atoms with Gasteiger partial charge in [-0.15, -0.1) is 0 Å². The van der Waals surface area contributed by atoms with Crippen LogP contribution in [0, 0.1) is 5.41 Å². The number of benzene rings is 1. The van der Waals surface area contributed by atoms with Crippen LogP contribution < -0.4 is 0 Å². The minimum Gasteiger partial charge on any atom is -0.289 e. The molecular formula is C22H34O. The summed E-state index contributed by atoms with van der Waals surface area (Å²) in [6, 6.07) is 4.47. The van der Waals surface area contributed by atoms with Crippen LogP contribution in [0.2, 0.25) is 0 Å². The highest BCUT2D eigenvalue weighted by Crippen LogP contribution is 2.32. The first kappa shape index (κ1) is 19.7. The molecule has 0 aliphatic heterocycles. The zero-order chi connectivity index (χ0) is 17.9. The van der Waals surface area contributed by atoms with Crippen molar-refractivity contribution in [1.82, 2.24) is 0 Å². The van der Waals surface area contributed by atoms with E-state index in [0.29, 0.717) is 17.8 Å². The molecule has 0 fully saturated rings. The van der Waals surface area contributed by atoms with Gasteiger partial charge < -0.3 is 0 Å². The largest absolute Gasteiger partial charge is 0.289 e. The molecule has 0 saturated heterocycles. The third-order valence-electron chi connectivity index (χ3n) is 4.11. The molecule has 0 aliphatic carbocycles. The molecule has 1 aromatic rings. The fourth-order valence-corrected chi connectivity index (χ4v) is 2.65. The number of carbonyl (C=O) groups is 1. The fourth-order valence-electron chi connectivity index (χ4n) is 2.65. The molecule has 0 bridgehead atoms. The Balaban J connectivity index is 3.55. The van der Waals surface area contributed by atoms with Gasteiger partial charge in [-0.2, -0.15) is 0 Å². The Morgan fingerprint density at radius 1 is 0.870 bits per heavy atom. The van der Waals surface area contributed by atoms with Crippen LogP contribution in [0.3, 0.4) is 0 Å². The molecule has 1 heteroatoms. The molecule has 0 saturated carbocycles. The maximum Gasteiger partial charge on any atom is 0.186 e. The molecule has 0 aliphatic rings. The SMILES string of the molecule is CC(C)c1cc(C(C)C)c(C(=O)/C=C/C(C)(C)C)c(C(C)C)c1. The Kier molecular flexibility index (Phi) is 6.39. The summed E-state index contributed by atoms with van der Waals surface area (Å²) in [6.07, 6.45) is 3.78. The molecule has 0 unspecified atom stereocenters. The summed E-state index contributed by atoms with van der Waals surface area (Å²) in [5, 5.41) is 0. The van der Waals surface area contributed by atoms with Gasteiger partial charge in [0.1, 0.15) is 0 Å². The third kappa shape index (κ3) is 5.34. The van der Waals surface area contributed by atoms with E-state index in [1.807, 2.05) is 6.08 Å². The van der Waals surface area contributed by atoms with Gasteiger partial charge in [0, 0.05) is 5.56 Å². The van der Waals surface area contributed by atoms with Gasteiger partial charge in [0.2, 0.25) is 0 Å². The van der Waals surface area contributed by atoms with Crippen LogP contribution in [0.4, 0.5) is 0 Å². The van der Waals surface area contributed by atoms with Gasteiger partial charge >= 0.3 is 0 Å². The Labute approximate surface area is 143 Å². The van der Waals surface area contributed by atoms with E-state index in [4.69, 9.17) is 0 Å². The van der Waals surface area contributed by atoms with Crippen LogP contribution in [-0.4, -0.2) is 5.78 Å². The average molecular weight is 315 g/mol. The van der Waals surface area contributed by atoms with E-state index in [1.165, 1.54) is 16.7 Å². The lowest BCUT2D eigenvalue weighted by molar-refractivity contribution is 0.104. The minimum atomic E-state index is 0.0174. The maximum absolute atomic E-state index is 12.9. The molecule has 0 heterocycles.